The maximum atomic E-state index is 10.6. The summed E-state index contributed by atoms with van der Waals surface area (Å²) in [5.74, 6) is -0.697. The molecule has 4 heteroatoms. The van der Waals surface area contributed by atoms with E-state index in [1.807, 2.05) is 0 Å². The van der Waals surface area contributed by atoms with Crippen LogP contribution in [0.4, 0.5) is 0 Å². The van der Waals surface area contributed by atoms with E-state index in [9.17, 15) is 13.8 Å². The summed E-state index contributed by atoms with van der Waals surface area (Å²) in [5, 5.41) is 0. The molecular formula is C6H3O3S+. The van der Waals surface area contributed by atoms with Gasteiger partial charge in [-0.25, -0.2) is 0 Å². The summed E-state index contributed by atoms with van der Waals surface area (Å²) in [6, 6.07) is 0. The minimum Gasteiger partial charge on any atom is -0.290 e. The Kier molecular flexibility index (Phi) is 1.82. The molecule has 0 saturated carbocycles. The molecule has 0 saturated heterocycles. The molecule has 0 unspecified atom stereocenters. The quantitative estimate of drug-likeness (QED) is 0.396. The molecule has 0 radical (unpaired) electrons. The largest absolute Gasteiger partial charge is 0.509 e. The van der Waals surface area contributed by atoms with Crippen molar-refractivity contribution >= 4 is 23.2 Å². The van der Waals surface area contributed by atoms with E-state index < -0.39 is 0 Å². The van der Waals surface area contributed by atoms with Crippen molar-refractivity contribution in [3.63, 3.8) is 0 Å². The van der Waals surface area contributed by atoms with Crippen molar-refractivity contribution < 1.29 is 13.8 Å². The molecular weight excluding hydrogens is 152 g/mol. The van der Waals surface area contributed by atoms with E-state index in [2.05, 4.69) is 0 Å². The fourth-order valence-corrected chi connectivity index (χ4v) is 0.868. The lowest BCUT2D eigenvalue weighted by Crippen LogP contribution is -2.05. The number of hydrogen-bond donors (Lipinski definition) is 0. The van der Waals surface area contributed by atoms with E-state index in [0.717, 1.165) is 18.2 Å². The van der Waals surface area contributed by atoms with Crippen LogP contribution in [0.2, 0.25) is 0 Å². The third kappa shape index (κ3) is 1.22. The van der Waals surface area contributed by atoms with Gasteiger partial charge in [0.15, 0.2) is 5.78 Å². The van der Waals surface area contributed by atoms with Crippen LogP contribution in [0, 0.1) is 0 Å². The Bertz CT molecular complexity index is 262. The number of carbonyl (C=O) groups excluding carboxylic acids is 2. The first kappa shape index (κ1) is 6.95. The molecule has 3 nitrogen and oxygen atoms in total. The standard InChI is InChI=1S/C6H3O3S/c7-4-1-2-5(8)6(3-4)10-9/h1-3H/q+1. The first-order chi connectivity index (χ1) is 4.74. The van der Waals surface area contributed by atoms with Crippen LogP contribution in [0.1, 0.15) is 0 Å². The third-order valence-corrected chi connectivity index (χ3v) is 1.50. The Hall–Kier alpha value is -1.16. The maximum absolute atomic E-state index is 10.6. The summed E-state index contributed by atoms with van der Waals surface area (Å²) < 4.78 is 10.1. The minimum absolute atomic E-state index is 0.0347. The smallest absolute Gasteiger partial charge is 0.290 e. The molecule has 50 valence electrons. The second-order valence-electron chi connectivity index (χ2n) is 1.69. The molecule has 0 bridgehead atoms. The van der Waals surface area contributed by atoms with Crippen LogP contribution < -0.4 is 0 Å². The average molecular weight is 155 g/mol. The molecule has 0 aliphatic heterocycles. The topological polar surface area (TPSA) is 51.2 Å². The minimum atomic E-state index is -0.389. The van der Waals surface area contributed by atoms with Crippen LogP contribution in [-0.4, -0.2) is 11.6 Å². The fraction of sp³-hybridized carbons (Fsp3) is 0. The summed E-state index contributed by atoms with van der Waals surface area (Å²) in [7, 11) is 0. The molecule has 10 heavy (non-hydrogen) atoms. The molecule has 1 rings (SSSR count). The number of hydrogen-bond acceptors (Lipinski definition) is 3. The predicted molar refractivity (Wildman–Crippen MR) is 35.3 cm³/mol. The maximum Gasteiger partial charge on any atom is 0.509 e. The van der Waals surface area contributed by atoms with Crippen molar-refractivity contribution in [3.8, 4) is 0 Å². The van der Waals surface area contributed by atoms with Crippen LogP contribution in [0.3, 0.4) is 0 Å². The van der Waals surface area contributed by atoms with E-state index in [-0.39, 0.29) is 28.1 Å². The molecule has 0 aromatic rings. The zero-order chi connectivity index (χ0) is 7.56. The predicted octanol–water partition coefficient (Wildman–Crippen LogP) is 0.00640. The van der Waals surface area contributed by atoms with E-state index in [1.54, 1.807) is 0 Å². The number of rotatable bonds is 1. The van der Waals surface area contributed by atoms with Crippen LogP contribution in [0.15, 0.2) is 23.1 Å². The Morgan fingerprint density at radius 2 is 1.90 bits per heavy atom. The molecule has 0 atom stereocenters. The zero-order valence-corrected chi connectivity index (χ0v) is 5.68. The summed E-state index contributed by atoms with van der Waals surface area (Å²) in [5.41, 5.74) is 0. The molecule has 0 N–H and O–H groups in total. The molecule has 0 heterocycles. The first-order valence-electron chi connectivity index (χ1n) is 2.52. The van der Waals surface area contributed by atoms with Gasteiger partial charge in [0.25, 0.3) is 0 Å². The highest BCUT2D eigenvalue weighted by molar-refractivity contribution is 7.71. The highest BCUT2D eigenvalue weighted by atomic mass is 32.1. The van der Waals surface area contributed by atoms with Gasteiger partial charge in [0.2, 0.25) is 5.78 Å². The van der Waals surface area contributed by atoms with Crippen molar-refractivity contribution in [2.24, 2.45) is 0 Å². The van der Waals surface area contributed by atoms with Gasteiger partial charge >= 0.3 is 16.6 Å². The van der Waals surface area contributed by atoms with Gasteiger partial charge in [-0.15, -0.1) is 0 Å². The highest BCUT2D eigenvalue weighted by Gasteiger charge is 2.24. The summed E-state index contributed by atoms with van der Waals surface area (Å²) >= 11 is 0.0471. The fourth-order valence-electron chi connectivity index (χ4n) is 0.554. The normalized spacial score (nSPS) is 17.0. The molecule has 0 fully saturated rings. The van der Waals surface area contributed by atoms with Gasteiger partial charge in [-0.05, 0) is 12.2 Å². The first-order valence-corrected chi connectivity index (χ1v) is 3.26. The van der Waals surface area contributed by atoms with Gasteiger partial charge in [0.1, 0.15) is 0 Å². The summed E-state index contributed by atoms with van der Waals surface area (Å²) in [4.78, 5) is 21.1. The van der Waals surface area contributed by atoms with Crippen molar-refractivity contribution in [1.29, 1.82) is 0 Å². The third-order valence-electron chi connectivity index (χ3n) is 1.00. The molecule has 1 aliphatic carbocycles. The van der Waals surface area contributed by atoms with Gasteiger partial charge in [0, 0.05) is 4.21 Å². The summed E-state index contributed by atoms with van der Waals surface area (Å²) in [6.45, 7) is 0. The number of allylic oxidation sites excluding steroid dienone is 4. The van der Waals surface area contributed by atoms with E-state index in [0.29, 0.717) is 0 Å². The Morgan fingerprint density at radius 3 is 2.40 bits per heavy atom. The Labute approximate surface area is 60.9 Å². The lowest BCUT2D eigenvalue weighted by molar-refractivity contribution is -0.114. The molecule has 1 aliphatic rings. The average Bonchev–Trinajstić information content (AvgIpc) is 1.94. The van der Waals surface area contributed by atoms with E-state index in [1.165, 1.54) is 0 Å². The van der Waals surface area contributed by atoms with Crippen molar-refractivity contribution in [3.05, 3.63) is 23.1 Å². The molecule has 0 aromatic heterocycles. The van der Waals surface area contributed by atoms with Gasteiger partial charge in [-0.3, -0.25) is 9.59 Å². The van der Waals surface area contributed by atoms with Crippen LogP contribution in [0.25, 0.3) is 0 Å². The van der Waals surface area contributed by atoms with Crippen LogP contribution >= 0.6 is 0 Å². The molecule has 0 spiro atoms. The van der Waals surface area contributed by atoms with Gasteiger partial charge in [-0.2, -0.15) is 0 Å². The highest BCUT2D eigenvalue weighted by Crippen LogP contribution is 2.02. The number of ketones is 2. The van der Waals surface area contributed by atoms with Crippen molar-refractivity contribution in [2.45, 2.75) is 0 Å². The van der Waals surface area contributed by atoms with Gasteiger partial charge in [0.05, 0.1) is 6.08 Å². The lowest BCUT2D eigenvalue weighted by Gasteiger charge is -1.86. The zero-order valence-electron chi connectivity index (χ0n) is 4.87. The number of carbonyl (C=O) groups is 2. The van der Waals surface area contributed by atoms with E-state index in [4.69, 9.17) is 0 Å². The monoisotopic (exact) mass is 155 g/mol. The van der Waals surface area contributed by atoms with Crippen LogP contribution in [0.5, 0.6) is 0 Å². The van der Waals surface area contributed by atoms with E-state index >= 15 is 0 Å². The lowest BCUT2D eigenvalue weighted by atomic mass is 10.2. The molecule has 0 aromatic carbocycles. The van der Waals surface area contributed by atoms with Crippen molar-refractivity contribution in [2.75, 3.05) is 0 Å². The second-order valence-corrected chi connectivity index (χ2v) is 2.30. The molecule has 0 amide bonds. The van der Waals surface area contributed by atoms with Gasteiger partial charge in [-0.1, -0.05) is 0 Å². The Balaban J connectivity index is 3.00. The SMILES string of the molecule is O=[S+]C1=CC(=O)C=CC1=O. The summed E-state index contributed by atoms with van der Waals surface area (Å²) in [6.07, 6.45) is 3.28. The van der Waals surface area contributed by atoms with Crippen molar-refractivity contribution in [1.82, 2.24) is 0 Å². The Morgan fingerprint density at radius 1 is 1.20 bits per heavy atom. The van der Waals surface area contributed by atoms with Crippen LogP contribution in [-0.2, 0) is 25.5 Å². The second kappa shape index (κ2) is 2.62. The van der Waals surface area contributed by atoms with Gasteiger partial charge < -0.3 is 0 Å².